The van der Waals surface area contributed by atoms with Gasteiger partial charge in [-0.2, -0.15) is 0 Å². The van der Waals surface area contributed by atoms with Crippen molar-refractivity contribution in [3.8, 4) is 0 Å². The fourth-order valence-corrected chi connectivity index (χ4v) is 1.71. The van der Waals surface area contributed by atoms with E-state index in [-0.39, 0.29) is 12.7 Å². The Morgan fingerprint density at radius 2 is 1.94 bits per heavy atom. The Bertz CT molecular complexity index is 428. The molecule has 96 valence electrons. The second-order valence-electron chi connectivity index (χ2n) is 4.00. The lowest BCUT2D eigenvalue weighted by Gasteiger charge is -2.10. The molecule has 1 saturated heterocycles. The van der Waals surface area contributed by atoms with Crippen molar-refractivity contribution in [3.05, 3.63) is 35.9 Å². The third-order valence-electron chi connectivity index (χ3n) is 2.50. The Hall–Kier alpha value is -1.88. The number of ether oxygens (including phenoxy) is 3. The molecule has 1 fully saturated rings. The van der Waals surface area contributed by atoms with Gasteiger partial charge in [-0.3, -0.25) is 4.79 Å². The number of carbonyl (C=O) groups excluding carboxylic acids is 2. The SMILES string of the molecule is CC(=O)OC1C[C@H](OC(=O)c2ccccc2)CO1. The molecule has 1 heterocycles. The van der Waals surface area contributed by atoms with Gasteiger partial charge in [0.25, 0.3) is 0 Å². The van der Waals surface area contributed by atoms with Gasteiger partial charge in [-0.05, 0) is 12.1 Å². The molecule has 1 unspecified atom stereocenters. The summed E-state index contributed by atoms with van der Waals surface area (Å²) in [5.41, 5.74) is 0.494. The molecule has 1 aliphatic rings. The van der Waals surface area contributed by atoms with E-state index in [9.17, 15) is 9.59 Å². The van der Waals surface area contributed by atoms with Crippen molar-refractivity contribution in [2.45, 2.75) is 25.7 Å². The third-order valence-corrected chi connectivity index (χ3v) is 2.50. The highest BCUT2D eigenvalue weighted by atomic mass is 16.7. The molecule has 5 heteroatoms. The van der Waals surface area contributed by atoms with Crippen LogP contribution in [0.1, 0.15) is 23.7 Å². The zero-order chi connectivity index (χ0) is 13.0. The molecule has 18 heavy (non-hydrogen) atoms. The van der Waals surface area contributed by atoms with Gasteiger partial charge in [0.2, 0.25) is 6.29 Å². The number of esters is 2. The second kappa shape index (κ2) is 5.64. The first-order chi connectivity index (χ1) is 8.65. The van der Waals surface area contributed by atoms with Crippen LogP contribution in [0.25, 0.3) is 0 Å². The Balaban J connectivity index is 1.85. The van der Waals surface area contributed by atoms with Gasteiger partial charge in [0, 0.05) is 13.3 Å². The number of benzene rings is 1. The maximum atomic E-state index is 11.7. The van der Waals surface area contributed by atoms with E-state index in [0.29, 0.717) is 12.0 Å². The molecular weight excluding hydrogens is 236 g/mol. The lowest BCUT2D eigenvalue weighted by Crippen LogP contribution is -2.19. The van der Waals surface area contributed by atoms with Crippen molar-refractivity contribution in [2.75, 3.05) is 6.61 Å². The first kappa shape index (κ1) is 12.6. The van der Waals surface area contributed by atoms with Crippen molar-refractivity contribution >= 4 is 11.9 Å². The van der Waals surface area contributed by atoms with Crippen LogP contribution in [0.4, 0.5) is 0 Å². The standard InChI is InChI=1S/C13H14O5/c1-9(14)17-12-7-11(8-16-12)18-13(15)10-5-3-2-4-6-10/h2-6,11-12H,7-8H2,1H3/t11-,12?/m0/s1. The topological polar surface area (TPSA) is 61.8 Å². The Labute approximate surface area is 105 Å². The Kier molecular flexibility index (Phi) is 3.94. The van der Waals surface area contributed by atoms with Gasteiger partial charge >= 0.3 is 11.9 Å². The van der Waals surface area contributed by atoms with Gasteiger partial charge < -0.3 is 14.2 Å². The molecule has 1 aliphatic heterocycles. The summed E-state index contributed by atoms with van der Waals surface area (Å²) in [4.78, 5) is 22.5. The van der Waals surface area contributed by atoms with E-state index in [0.717, 1.165) is 0 Å². The molecule has 0 spiro atoms. The maximum Gasteiger partial charge on any atom is 0.338 e. The summed E-state index contributed by atoms with van der Waals surface area (Å²) >= 11 is 0. The molecule has 0 bridgehead atoms. The number of carbonyl (C=O) groups is 2. The molecule has 5 nitrogen and oxygen atoms in total. The first-order valence-electron chi connectivity index (χ1n) is 5.70. The average molecular weight is 250 g/mol. The second-order valence-corrected chi connectivity index (χ2v) is 4.00. The minimum Gasteiger partial charge on any atom is -0.456 e. The summed E-state index contributed by atoms with van der Waals surface area (Å²) in [5, 5.41) is 0. The molecule has 2 rings (SSSR count). The van der Waals surface area contributed by atoms with Crippen LogP contribution in [0.3, 0.4) is 0 Å². The van der Waals surface area contributed by atoms with Crippen LogP contribution in [-0.4, -0.2) is 30.9 Å². The molecule has 0 amide bonds. The number of hydrogen-bond acceptors (Lipinski definition) is 5. The van der Waals surface area contributed by atoms with Gasteiger partial charge in [-0.25, -0.2) is 4.79 Å². The fraction of sp³-hybridized carbons (Fsp3) is 0.385. The van der Waals surface area contributed by atoms with E-state index >= 15 is 0 Å². The van der Waals surface area contributed by atoms with Gasteiger partial charge in [0.15, 0.2) is 0 Å². The number of rotatable bonds is 3. The van der Waals surface area contributed by atoms with Crippen LogP contribution in [0, 0.1) is 0 Å². The Morgan fingerprint density at radius 1 is 1.22 bits per heavy atom. The van der Waals surface area contributed by atoms with Gasteiger partial charge in [-0.15, -0.1) is 0 Å². The van der Waals surface area contributed by atoms with Crippen LogP contribution in [-0.2, 0) is 19.0 Å². The lowest BCUT2D eigenvalue weighted by molar-refractivity contribution is -0.166. The van der Waals surface area contributed by atoms with Crippen molar-refractivity contribution in [2.24, 2.45) is 0 Å². The van der Waals surface area contributed by atoms with Crippen molar-refractivity contribution in [3.63, 3.8) is 0 Å². The minimum atomic E-state index is -0.615. The summed E-state index contributed by atoms with van der Waals surface area (Å²) in [6, 6.07) is 8.72. The van der Waals surface area contributed by atoms with Crippen molar-refractivity contribution in [1.29, 1.82) is 0 Å². The van der Waals surface area contributed by atoms with E-state index in [1.54, 1.807) is 24.3 Å². The largest absolute Gasteiger partial charge is 0.456 e. The summed E-state index contributed by atoms with van der Waals surface area (Å²) in [5.74, 6) is -0.803. The van der Waals surface area contributed by atoms with E-state index in [1.807, 2.05) is 6.07 Å². The zero-order valence-electron chi connectivity index (χ0n) is 10.00. The monoisotopic (exact) mass is 250 g/mol. The lowest BCUT2D eigenvalue weighted by atomic mass is 10.2. The molecule has 0 saturated carbocycles. The maximum absolute atomic E-state index is 11.7. The molecular formula is C13H14O5. The molecule has 0 aromatic heterocycles. The molecule has 0 aliphatic carbocycles. The van der Waals surface area contributed by atoms with Crippen LogP contribution < -0.4 is 0 Å². The van der Waals surface area contributed by atoms with E-state index in [1.165, 1.54) is 6.92 Å². The van der Waals surface area contributed by atoms with E-state index < -0.39 is 18.2 Å². The van der Waals surface area contributed by atoms with Crippen molar-refractivity contribution in [1.82, 2.24) is 0 Å². The van der Waals surface area contributed by atoms with Crippen LogP contribution in [0.5, 0.6) is 0 Å². The van der Waals surface area contributed by atoms with Crippen LogP contribution in [0.2, 0.25) is 0 Å². The van der Waals surface area contributed by atoms with Crippen LogP contribution in [0.15, 0.2) is 30.3 Å². The highest BCUT2D eigenvalue weighted by Gasteiger charge is 2.30. The predicted octanol–water partition coefficient (Wildman–Crippen LogP) is 1.52. The Morgan fingerprint density at radius 3 is 2.61 bits per heavy atom. The molecule has 2 atom stereocenters. The molecule has 0 radical (unpaired) electrons. The van der Waals surface area contributed by atoms with Crippen molar-refractivity contribution < 1.29 is 23.8 Å². The highest BCUT2D eigenvalue weighted by Crippen LogP contribution is 2.18. The summed E-state index contributed by atoms with van der Waals surface area (Å²) < 4.78 is 15.3. The molecule has 1 aromatic rings. The average Bonchev–Trinajstić information content (AvgIpc) is 2.76. The highest BCUT2D eigenvalue weighted by molar-refractivity contribution is 5.89. The third kappa shape index (κ3) is 3.30. The van der Waals surface area contributed by atoms with Gasteiger partial charge in [-0.1, -0.05) is 18.2 Å². The van der Waals surface area contributed by atoms with E-state index in [2.05, 4.69) is 0 Å². The summed E-state index contributed by atoms with van der Waals surface area (Å²) in [6.45, 7) is 1.56. The summed E-state index contributed by atoms with van der Waals surface area (Å²) in [6.07, 6.45) is -0.615. The van der Waals surface area contributed by atoms with Gasteiger partial charge in [0.05, 0.1) is 12.2 Å². The first-order valence-corrected chi connectivity index (χ1v) is 5.70. The zero-order valence-corrected chi connectivity index (χ0v) is 10.00. The molecule has 0 N–H and O–H groups in total. The smallest absolute Gasteiger partial charge is 0.338 e. The minimum absolute atomic E-state index is 0.247. The summed E-state index contributed by atoms with van der Waals surface area (Å²) in [7, 11) is 0. The quantitative estimate of drug-likeness (QED) is 0.761. The molecule has 1 aromatic carbocycles. The number of hydrogen-bond donors (Lipinski definition) is 0. The normalized spacial score (nSPS) is 22.5. The van der Waals surface area contributed by atoms with Crippen LogP contribution >= 0.6 is 0 Å². The predicted molar refractivity (Wildman–Crippen MR) is 61.8 cm³/mol. The fourth-order valence-electron chi connectivity index (χ4n) is 1.71. The van der Waals surface area contributed by atoms with E-state index in [4.69, 9.17) is 14.2 Å². The van der Waals surface area contributed by atoms with Gasteiger partial charge in [0.1, 0.15) is 6.10 Å².